The van der Waals surface area contributed by atoms with Crippen LogP contribution in [-0.4, -0.2) is 86.6 Å². The second-order valence-electron chi connectivity index (χ2n) is 10.9. The molecule has 1 heterocycles. The van der Waals surface area contributed by atoms with E-state index in [1.807, 2.05) is 72.8 Å². The van der Waals surface area contributed by atoms with Gasteiger partial charge in [-0.3, -0.25) is 4.79 Å². The zero-order valence-corrected chi connectivity index (χ0v) is 26.3. The average Bonchev–Trinajstić information content (AvgIpc) is 3.08. The van der Waals surface area contributed by atoms with Crippen LogP contribution < -0.4 is 19.5 Å². The summed E-state index contributed by atoms with van der Waals surface area (Å²) in [6, 6.07) is 23.2. The maximum absolute atomic E-state index is 11.8. The van der Waals surface area contributed by atoms with Crippen molar-refractivity contribution >= 4 is 12.0 Å². The molecule has 2 unspecified atom stereocenters. The fourth-order valence-electron chi connectivity index (χ4n) is 5.43. The molecule has 0 aliphatic carbocycles. The van der Waals surface area contributed by atoms with Crippen LogP contribution >= 0.6 is 0 Å². The molecule has 46 heavy (non-hydrogen) atoms. The molecule has 1 aliphatic rings. The molecule has 3 N–H and O–H groups in total. The molecule has 0 bridgehead atoms. The van der Waals surface area contributed by atoms with Gasteiger partial charge >= 0.3 is 6.09 Å². The molecule has 0 radical (unpaired) electrons. The van der Waals surface area contributed by atoms with Crippen molar-refractivity contribution in [3.8, 4) is 17.2 Å². The summed E-state index contributed by atoms with van der Waals surface area (Å²) < 4.78 is 29.3. The lowest BCUT2D eigenvalue weighted by Gasteiger charge is -2.37. The summed E-state index contributed by atoms with van der Waals surface area (Å²) in [5.41, 5.74) is 2.95. The Morgan fingerprint density at radius 2 is 1.63 bits per heavy atom. The summed E-state index contributed by atoms with van der Waals surface area (Å²) in [6.45, 7) is 2.41. The molecule has 1 fully saturated rings. The first kappa shape index (κ1) is 34.6. The number of nitrogens with zero attached hydrogens (tertiary/aromatic N) is 1. The number of aliphatic hydroxyl groups is 1. The third-order valence-electron chi connectivity index (χ3n) is 7.83. The third kappa shape index (κ3) is 10.6. The molecule has 11 nitrogen and oxygen atoms in total. The van der Waals surface area contributed by atoms with Crippen LogP contribution in [0.1, 0.15) is 41.9 Å². The fraction of sp³-hybridized carbons (Fsp3) is 0.429. The fourth-order valence-corrected chi connectivity index (χ4v) is 5.43. The zero-order chi connectivity index (χ0) is 32.6. The zero-order valence-electron chi connectivity index (χ0n) is 26.3. The average molecular weight is 637 g/mol. The van der Waals surface area contributed by atoms with Crippen LogP contribution in [0.5, 0.6) is 17.2 Å². The molecule has 4 rings (SSSR count). The predicted octanol–water partition coefficient (Wildman–Crippen LogP) is 4.61. The standard InChI is InChI=1S/C35H44N2O9/c1-42-31-9-4-3-8-28(31)24-43-19-6-20-44-29-14-11-26(12-15-29)30-17-18-37(35(40)41)23-33(30)46-22-21-45-32-10-5-2-7-27(32)13-16-34(39)36-25-38/h2-5,7-12,14-15,30,33,38H,6,13,16-25H2,1H3,(H,36,39)(H,40,41). The second-order valence-corrected chi connectivity index (χ2v) is 10.9. The van der Waals surface area contributed by atoms with Crippen LogP contribution in [0.2, 0.25) is 0 Å². The van der Waals surface area contributed by atoms with Crippen molar-refractivity contribution in [2.45, 2.75) is 44.3 Å². The Bertz CT molecular complexity index is 1370. The number of aryl methyl sites for hydroxylation is 1. The summed E-state index contributed by atoms with van der Waals surface area (Å²) in [5, 5.41) is 20.9. The van der Waals surface area contributed by atoms with Gasteiger partial charge in [0.2, 0.25) is 5.91 Å². The number of likely N-dealkylation sites (tertiary alicyclic amines) is 1. The molecular weight excluding hydrogens is 592 g/mol. The van der Waals surface area contributed by atoms with Crippen LogP contribution in [-0.2, 0) is 27.3 Å². The Morgan fingerprint density at radius 3 is 2.37 bits per heavy atom. The molecule has 3 aromatic rings. The molecule has 0 aromatic heterocycles. The van der Waals surface area contributed by atoms with Gasteiger partial charge in [-0.05, 0) is 48.2 Å². The first-order valence-corrected chi connectivity index (χ1v) is 15.6. The van der Waals surface area contributed by atoms with Crippen molar-refractivity contribution in [1.82, 2.24) is 10.2 Å². The van der Waals surface area contributed by atoms with Gasteiger partial charge in [-0.2, -0.15) is 0 Å². The summed E-state index contributed by atoms with van der Waals surface area (Å²) in [6.07, 6.45) is 0.788. The number of hydrogen-bond acceptors (Lipinski definition) is 8. The minimum atomic E-state index is -0.960. The molecule has 1 aliphatic heterocycles. The quantitative estimate of drug-likeness (QED) is 0.135. The molecule has 0 saturated carbocycles. The van der Waals surface area contributed by atoms with Gasteiger partial charge in [-0.25, -0.2) is 4.79 Å². The number of carbonyl (C=O) groups is 2. The smallest absolute Gasteiger partial charge is 0.407 e. The number of hydrogen-bond donors (Lipinski definition) is 3. The van der Waals surface area contributed by atoms with Crippen molar-refractivity contribution in [1.29, 1.82) is 0 Å². The Kier molecular flexibility index (Phi) is 14.0. The lowest BCUT2D eigenvalue weighted by atomic mass is 9.87. The van der Waals surface area contributed by atoms with Gasteiger partial charge < -0.3 is 44.1 Å². The number of carboxylic acid groups (broad SMARTS) is 1. The minimum Gasteiger partial charge on any atom is -0.496 e. The van der Waals surface area contributed by atoms with E-state index in [1.54, 1.807) is 7.11 Å². The number of para-hydroxylation sites is 2. The Labute approximate surface area is 270 Å². The lowest BCUT2D eigenvalue weighted by molar-refractivity contribution is -0.122. The molecule has 248 valence electrons. The number of piperidine rings is 1. The maximum atomic E-state index is 11.8. The molecular formula is C35H44N2O9. The van der Waals surface area contributed by atoms with Gasteiger partial charge in [-0.1, -0.05) is 48.5 Å². The van der Waals surface area contributed by atoms with Crippen LogP contribution in [0.4, 0.5) is 4.79 Å². The van der Waals surface area contributed by atoms with Gasteiger partial charge in [0.1, 0.15) is 30.6 Å². The highest BCUT2D eigenvalue weighted by atomic mass is 16.5. The van der Waals surface area contributed by atoms with Crippen molar-refractivity contribution in [3.05, 3.63) is 89.5 Å². The van der Waals surface area contributed by atoms with Crippen molar-refractivity contribution in [2.75, 3.05) is 53.4 Å². The summed E-state index contributed by atoms with van der Waals surface area (Å²) >= 11 is 0. The van der Waals surface area contributed by atoms with Crippen LogP contribution in [0.15, 0.2) is 72.8 Å². The first-order valence-electron chi connectivity index (χ1n) is 15.6. The van der Waals surface area contributed by atoms with Gasteiger partial charge in [-0.15, -0.1) is 0 Å². The third-order valence-corrected chi connectivity index (χ3v) is 7.83. The van der Waals surface area contributed by atoms with E-state index >= 15 is 0 Å². The van der Waals surface area contributed by atoms with Crippen molar-refractivity contribution in [2.24, 2.45) is 0 Å². The van der Waals surface area contributed by atoms with Gasteiger partial charge in [0.05, 0.1) is 46.2 Å². The van der Waals surface area contributed by atoms with Crippen LogP contribution in [0.3, 0.4) is 0 Å². The largest absolute Gasteiger partial charge is 0.496 e. The number of amides is 2. The number of rotatable bonds is 18. The molecule has 2 atom stereocenters. The van der Waals surface area contributed by atoms with Crippen molar-refractivity contribution < 1.29 is 43.5 Å². The Morgan fingerprint density at radius 1 is 0.891 bits per heavy atom. The highest BCUT2D eigenvalue weighted by molar-refractivity contribution is 5.76. The van der Waals surface area contributed by atoms with Gasteiger partial charge in [0, 0.05) is 30.9 Å². The maximum Gasteiger partial charge on any atom is 0.407 e. The second kappa shape index (κ2) is 18.6. The Hall–Kier alpha value is -4.32. The predicted molar refractivity (Wildman–Crippen MR) is 171 cm³/mol. The molecule has 3 aromatic carbocycles. The first-order chi connectivity index (χ1) is 22.5. The van der Waals surface area contributed by atoms with E-state index in [9.17, 15) is 14.7 Å². The highest BCUT2D eigenvalue weighted by Gasteiger charge is 2.33. The van der Waals surface area contributed by atoms with E-state index < -0.39 is 12.8 Å². The number of carbonyl (C=O) groups excluding carboxylic acids is 1. The molecule has 1 saturated heterocycles. The SMILES string of the molecule is COc1ccccc1COCCCOc1ccc(C2CCN(C(=O)O)CC2OCCOc2ccccc2CCC(=O)NCO)cc1. The molecule has 11 heteroatoms. The summed E-state index contributed by atoms with van der Waals surface area (Å²) in [5.74, 6) is 2.01. The Balaban J connectivity index is 1.24. The van der Waals surface area contributed by atoms with E-state index in [-0.39, 0.29) is 44.1 Å². The number of ether oxygens (including phenoxy) is 5. The number of nitrogens with one attached hydrogen (secondary N) is 1. The van der Waals surface area contributed by atoms with E-state index in [2.05, 4.69) is 5.32 Å². The van der Waals surface area contributed by atoms with Crippen LogP contribution in [0, 0.1) is 0 Å². The summed E-state index contributed by atoms with van der Waals surface area (Å²) in [4.78, 5) is 24.9. The normalized spacial score (nSPS) is 16.1. The number of aliphatic hydroxyl groups excluding tert-OH is 1. The van der Waals surface area contributed by atoms with E-state index in [0.29, 0.717) is 45.0 Å². The van der Waals surface area contributed by atoms with Crippen LogP contribution in [0.25, 0.3) is 0 Å². The minimum absolute atomic E-state index is 0.0188. The summed E-state index contributed by atoms with van der Waals surface area (Å²) in [7, 11) is 1.65. The van der Waals surface area contributed by atoms with Gasteiger partial charge in [0.15, 0.2) is 0 Å². The topological polar surface area (TPSA) is 136 Å². The number of benzene rings is 3. The van der Waals surface area contributed by atoms with E-state index in [0.717, 1.165) is 34.6 Å². The van der Waals surface area contributed by atoms with Crippen molar-refractivity contribution in [3.63, 3.8) is 0 Å². The molecule has 2 amide bonds. The lowest BCUT2D eigenvalue weighted by Crippen LogP contribution is -2.46. The van der Waals surface area contributed by atoms with E-state index in [1.165, 1.54) is 4.90 Å². The molecule has 0 spiro atoms. The number of methoxy groups -OCH3 is 1. The van der Waals surface area contributed by atoms with E-state index in [4.69, 9.17) is 28.8 Å². The highest BCUT2D eigenvalue weighted by Crippen LogP contribution is 2.32. The monoisotopic (exact) mass is 636 g/mol. The van der Waals surface area contributed by atoms with Gasteiger partial charge in [0.25, 0.3) is 0 Å².